The molecular weight excluding hydrogens is 329 g/mol. The van der Waals surface area contributed by atoms with Gasteiger partial charge in [0.15, 0.2) is 0 Å². The predicted octanol–water partition coefficient (Wildman–Crippen LogP) is 5.95. The highest BCUT2D eigenvalue weighted by Gasteiger charge is 2.36. The number of anilines is 1. The number of hydrogen-bond donors (Lipinski definition) is 1. The Hall–Kier alpha value is -0.570. The maximum Gasteiger partial charge on any atom is 0.124 e. The summed E-state index contributed by atoms with van der Waals surface area (Å²) < 4.78 is 14.6. The molecule has 3 heteroatoms. The molecule has 1 atom stereocenters. The first kappa shape index (κ1) is 15.3. The molecule has 1 aliphatic heterocycles. The average molecular weight is 354 g/mol. The molecule has 1 aromatic rings. The molecule has 1 unspecified atom stereocenters. The predicted molar refractivity (Wildman–Crippen MR) is 90.2 cm³/mol. The van der Waals surface area contributed by atoms with Gasteiger partial charge in [-0.25, -0.2) is 4.39 Å². The molecule has 1 saturated carbocycles. The Balaban J connectivity index is 1.75. The van der Waals surface area contributed by atoms with E-state index in [1.54, 1.807) is 12.1 Å². The van der Waals surface area contributed by atoms with Crippen molar-refractivity contribution in [2.24, 2.45) is 17.3 Å². The molecule has 3 rings (SSSR count). The maximum atomic E-state index is 13.7. The normalized spacial score (nSPS) is 29.1. The van der Waals surface area contributed by atoms with Crippen molar-refractivity contribution in [2.75, 3.05) is 11.9 Å². The zero-order valence-electron chi connectivity index (χ0n) is 13.2. The van der Waals surface area contributed by atoms with Gasteiger partial charge in [0, 0.05) is 16.9 Å². The lowest BCUT2D eigenvalue weighted by Crippen LogP contribution is -2.28. The van der Waals surface area contributed by atoms with Crippen LogP contribution in [0.25, 0.3) is 0 Å². The van der Waals surface area contributed by atoms with E-state index in [2.05, 4.69) is 42.0 Å². The molecule has 1 aromatic carbocycles. The van der Waals surface area contributed by atoms with E-state index in [1.165, 1.54) is 31.2 Å². The number of nitrogens with one attached hydrogen (secondary N) is 1. The van der Waals surface area contributed by atoms with E-state index in [0.717, 1.165) is 22.6 Å². The number of hydrogen-bond acceptors (Lipinski definition) is 1. The number of rotatable bonds is 1. The fourth-order valence-corrected chi connectivity index (χ4v) is 4.79. The topological polar surface area (TPSA) is 12.0 Å². The minimum Gasteiger partial charge on any atom is -0.383 e. The van der Waals surface area contributed by atoms with Gasteiger partial charge >= 0.3 is 0 Å². The molecule has 0 spiro atoms. The van der Waals surface area contributed by atoms with E-state index in [4.69, 9.17) is 0 Å². The minimum atomic E-state index is -0.127. The summed E-state index contributed by atoms with van der Waals surface area (Å²) in [7, 11) is 0. The minimum absolute atomic E-state index is 0.127. The van der Waals surface area contributed by atoms with Gasteiger partial charge in [-0.05, 0) is 76.6 Å². The van der Waals surface area contributed by atoms with Crippen molar-refractivity contribution in [1.29, 1.82) is 0 Å². The van der Waals surface area contributed by atoms with Gasteiger partial charge in [-0.3, -0.25) is 0 Å². The van der Waals surface area contributed by atoms with Crippen molar-refractivity contribution >= 4 is 21.6 Å². The van der Waals surface area contributed by atoms with Crippen LogP contribution in [0.5, 0.6) is 0 Å². The molecule has 1 fully saturated rings. The molecule has 1 nitrogen and oxygen atoms in total. The molecule has 0 radical (unpaired) electrons. The van der Waals surface area contributed by atoms with Crippen molar-refractivity contribution in [2.45, 2.75) is 52.4 Å². The smallest absolute Gasteiger partial charge is 0.124 e. The van der Waals surface area contributed by atoms with Gasteiger partial charge in [0.05, 0.1) is 5.69 Å². The van der Waals surface area contributed by atoms with Gasteiger partial charge in [0.2, 0.25) is 0 Å². The summed E-state index contributed by atoms with van der Waals surface area (Å²) in [5, 5.41) is 3.47. The van der Waals surface area contributed by atoms with E-state index in [0.29, 0.717) is 17.3 Å². The van der Waals surface area contributed by atoms with Crippen molar-refractivity contribution < 1.29 is 4.39 Å². The standard InChI is InChI=1S/C18H25BrFN/c1-18(2,3)12-6-4-11(5-7-12)15-10-21-17-14(15)8-13(20)9-16(17)19/h8-9,11-12,15,21H,4-7,10H2,1-3H3. The molecule has 2 aliphatic rings. The summed E-state index contributed by atoms with van der Waals surface area (Å²) >= 11 is 3.48. The highest BCUT2D eigenvalue weighted by atomic mass is 79.9. The second-order valence-corrected chi connectivity index (χ2v) is 8.67. The first-order valence-electron chi connectivity index (χ1n) is 8.09. The highest BCUT2D eigenvalue weighted by molar-refractivity contribution is 9.10. The molecule has 0 aromatic heterocycles. The summed E-state index contributed by atoms with van der Waals surface area (Å²) in [5.41, 5.74) is 2.71. The van der Waals surface area contributed by atoms with Crippen LogP contribution in [0.4, 0.5) is 10.1 Å². The van der Waals surface area contributed by atoms with Crippen molar-refractivity contribution in [1.82, 2.24) is 0 Å². The third kappa shape index (κ3) is 2.99. The Morgan fingerprint density at radius 1 is 1.14 bits per heavy atom. The van der Waals surface area contributed by atoms with Gasteiger partial charge in [-0.15, -0.1) is 0 Å². The summed E-state index contributed by atoms with van der Waals surface area (Å²) in [5.74, 6) is 1.89. The van der Waals surface area contributed by atoms with Crippen LogP contribution in [0.3, 0.4) is 0 Å². The Labute approximate surface area is 135 Å². The quantitative estimate of drug-likeness (QED) is 0.657. The van der Waals surface area contributed by atoms with E-state index in [1.807, 2.05) is 0 Å². The third-order valence-electron chi connectivity index (χ3n) is 5.55. The monoisotopic (exact) mass is 353 g/mol. The van der Waals surface area contributed by atoms with Crippen LogP contribution >= 0.6 is 15.9 Å². The van der Waals surface area contributed by atoms with Gasteiger partial charge in [0.25, 0.3) is 0 Å². The second-order valence-electron chi connectivity index (χ2n) is 7.82. The van der Waals surface area contributed by atoms with Crippen LogP contribution in [0.15, 0.2) is 16.6 Å². The van der Waals surface area contributed by atoms with E-state index in [9.17, 15) is 4.39 Å². The fraction of sp³-hybridized carbons (Fsp3) is 0.667. The van der Waals surface area contributed by atoms with E-state index < -0.39 is 0 Å². The van der Waals surface area contributed by atoms with Crippen LogP contribution < -0.4 is 5.32 Å². The summed E-state index contributed by atoms with van der Waals surface area (Å²) in [6, 6.07) is 3.30. The maximum absolute atomic E-state index is 13.7. The third-order valence-corrected chi connectivity index (χ3v) is 6.17. The van der Waals surface area contributed by atoms with Gasteiger partial charge < -0.3 is 5.32 Å². The first-order chi connectivity index (χ1) is 9.86. The second kappa shape index (κ2) is 5.57. The molecule has 0 saturated heterocycles. The number of halogens is 2. The van der Waals surface area contributed by atoms with Gasteiger partial charge in [-0.2, -0.15) is 0 Å². The molecule has 21 heavy (non-hydrogen) atoms. The van der Waals surface area contributed by atoms with Crippen LogP contribution in [-0.2, 0) is 0 Å². The largest absolute Gasteiger partial charge is 0.383 e. The molecule has 0 bridgehead atoms. The Morgan fingerprint density at radius 3 is 2.43 bits per heavy atom. The Kier molecular flexibility index (Phi) is 4.06. The summed E-state index contributed by atoms with van der Waals surface area (Å²) in [6.45, 7) is 8.03. The molecule has 0 amide bonds. The lowest BCUT2D eigenvalue weighted by molar-refractivity contribution is 0.141. The molecular formula is C18H25BrFN. The van der Waals surface area contributed by atoms with Gasteiger partial charge in [0.1, 0.15) is 5.82 Å². The highest BCUT2D eigenvalue weighted by Crippen LogP contribution is 2.48. The lowest BCUT2D eigenvalue weighted by Gasteiger charge is -2.38. The molecule has 116 valence electrons. The zero-order chi connectivity index (χ0) is 15.2. The van der Waals surface area contributed by atoms with Crippen LogP contribution in [0, 0.1) is 23.1 Å². The SMILES string of the molecule is CC(C)(C)C1CCC(C2CNc3c(Br)cc(F)cc32)CC1. The van der Waals surface area contributed by atoms with Crippen molar-refractivity contribution in [3.63, 3.8) is 0 Å². The Morgan fingerprint density at radius 2 is 1.81 bits per heavy atom. The lowest BCUT2D eigenvalue weighted by atomic mass is 9.67. The van der Waals surface area contributed by atoms with Crippen LogP contribution in [-0.4, -0.2) is 6.54 Å². The van der Waals surface area contributed by atoms with E-state index >= 15 is 0 Å². The fourth-order valence-electron chi connectivity index (χ4n) is 4.20. The van der Waals surface area contributed by atoms with E-state index in [-0.39, 0.29) is 5.82 Å². The van der Waals surface area contributed by atoms with Crippen LogP contribution in [0.1, 0.15) is 57.9 Å². The first-order valence-corrected chi connectivity index (χ1v) is 8.88. The summed E-state index contributed by atoms with van der Waals surface area (Å²) in [4.78, 5) is 0. The number of fused-ring (bicyclic) bond motifs is 1. The van der Waals surface area contributed by atoms with Crippen molar-refractivity contribution in [3.8, 4) is 0 Å². The molecule has 1 N–H and O–H groups in total. The summed E-state index contributed by atoms with van der Waals surface area (Å²) in [6.07, 6.45) is 5.19. The average Bonchev–Trinajstić information content (AvgIpc) is 2.82. The Bertz CT molecular complexity index is 527. The zero-order valence-corrected chi connectivity index (χ0v) is 14.8. The van der Waals surface area contributed by atoms with Crippen molar-refractivity contribution in [3.05, 3.63) is 28.0 Å². The molecule has 1 heterocycles. The number of benzene rings is 1. The van der Waals surface area contributed by atoms with Gasteiger partial charge in [-0.1, -0.05) is 20.8 Å². The molecule has 1 aliphatic carbocycles. The van der Waals surface area contributed by atoms with Crippen LogP contribution in [0.2, 0.25) is 0 Å².